The normalized spacial score (nSPS) is 11.3. The summed E-state index contributed by atoms with van der Waals surface area (Å²) in [5.74, 6) is -2.89. The van der Waals surface area contributed by atoms with Crippen molar-refractivity contribution in [2.75, 3.05) is 0 Å². The van der Waals surface area contributed by atoms with Crippen molar-refractivity contribution in [3.05, 3.63) is 81.4 Å². The molecule has 0 aliphatic heterocycles. The summed E-state index contributed by atoms with van der Waals surface area (Å²) in [6.07, 6.45) is -4.84. The third kappa shape index (κ3) is 5.68. The number of pyridine rings is 1. The highest BCUT2D eigenvalue weighted by Crippen LogP contribution is 2.26. The molecule has 2 N–H and O–H groups in total. The summed E-state index contributed by atoms with van der Waals surface area (Å²) >= 11 is 0. The fourth-order valence-corrected chi connectivity index (χ4v) is 3.10. The Hall–Kier alpha value is -3.89. The van der Waals surface area contributed by atoms with Crippen molar-refractivity contribution in [3.63, 3.8) is 0 Å². The van der Waals surface area contributed by atoms with Crippen LogP contribution in [0.15, 0.2) is 53.3 Å². The van der Waals surface area contributed by atoms with E-state index in [0.717, 1.165) is 34.9 Å². The zero-order valence-electron chi connectivity index (χ0n) is 17.0. The van der Waals surface area contributed by atoms with Gasteiger partial charge in [0.1, 0.15) is 18.2 Å². The van der Waals surface area contributed by atoms with Gasteiger partial charge in [-0.05, 0) is 47.5 Å². The summed E-state index contributed by atoms with van der Waals surface area (Å²) in [6, 6.07) is 9.22. The molecule has 2 aromatic carbocycles. The fourth-order valence-electron chi connectivity index (χ4n) is 3.10. The Morgan fingerprint density at radius 3 is 2.36 bits per heavy atom. The number of hydrogen-bond acceptors (Lipinski definition) is 4. The van der Waals surface area contributed by atoms with E-state index in [4.69, 9.17) is 0 Å². The molecule has 3 aromatic rings. The molecule has 0 spiro atoms. The first-order valence-corrected chi connectivity index (χ1v) is 9.40. The molecule has 0 unspecified atom stereocenters. The van der Waals surface area contributed by atoms with Gasteiger partial charge in [0.05, 0.1) is 11.3 Å². The molecule has 33 heavy (non-hydrogen) atoms. The third-order valence-electron chi connectivity index (χ3n) is 4.67. The maximum absolute atomic E-state index is 13.8. The van der Waals surface area contributed by atoms with Crippen LogP contribution in [0.5, 0.6) is 11.5 Å². The van der Waals surface area contributed by atoms with Crippen molar-refractivity contribution in [2.45, 2.75) is 19.6 Å². The Balaban J connectivity index is 1.85. The lowest BCUT2D eigenvalue weighted by molar-refractivity contribution is -0.274. The highest BCUT2D eigenvalue weighted by atomic mass is 19.4. The monoisotopic (exact) mass is 468 g/mol. The molecule has 1 amide bonds. The van der Waals surface area contributed by atoms with E-state index < -0.39 is 47.4 Å². The SMILES string of the molecule is Cn1c(-c2cc(F)cc(CF)c2)cc(C(=O)NCc2ccc(OC(F)(F)F)cc2)c(O)c1=O. The molecule has 0 aliphatic carbocycles. The lowest BCUT2D eigenvalue weighted by Crippen LogP contribution is -2.27. The number of benzene rings is 2. The zero-order chi connectivity index (χ0) is 24.3. The molecule has 0 bridgehead atoms. The summed E-state index contributed by atoms with van der Waals surface area (Å²) in [6.45, 7) is -1.09. The first-order chi connectivity index (χ1) is 15.5. The largest absolute Gasteiger partial charge is 0.573 e. The maximum Gasteiger partial charge on any atom is 0.573 e. The molecule has 0 saturated carbocycles. The van der Waals surface area contributed by atoms with Crippen LogP contribution in [-0.2, 0) is 20.3 Å². The van der Waals surface area contributed by atoms with Crippen LogP contribution in [0.3, 0.4) is 0 Å². The first kappa shape index (κ1) is 23.8. The van der Waals surface area contributed by atoms with Crippen LogP contribution in [0.2, 0.25) is 0 Å². The number of alkyl halides is 4. The van der Waals surface area contributed by atoms with E-state index >= 15 is 0 Å². The predicted octanol–water partition coefficient (Wildman–Crippen LogP) is 4.20. The second-order valence-corrected chi connectivity index (χ2v) is 7.01. The van der Waals surface area contributed by atoms with Gasteiger partial charge in [0.25, 0.3) is 11.5 Å². The lowest BCUT2D eigenvalue weighted by Gasteiger charge is -2.14. The fraction of sp³-hybridized carbons (Fsp3) is 0.182. The van der Waals surface area contributed by atoms with Crippen molar-refractivity contribution in [3.8, 4) is 22.8 Å². The molecule has 0 radical (unpaired) electrons. The minimum Gasteiger partial charge on any atom is -0.502 e. The highest BCUT2D eigenvalue weighted by Gasteiger charge is 2.31. The number of aromatic nitrogens is 1. The molecule has 1 heterocycles. The number of ether oxygens (including phenoxy) is 1. The van der Waals surface area contributed by atoms with Gasteiger partial charge in [0.2, 0.25) is 0 Å². The van der Waals surface area contributed by atoms with Crippen LogP contribution in [0.1, 0.15) is 21.5 Å². The van der Waals surface area contributed by atoms with Gasteiger partial charge in [-0.25, -0.2) is 8.78 Å². The van der Waals surface area contributed by atoms with Crippen molar-refractivity contribution in [1.29, 1.82) is 0 Å². The predicted molar refractivity (Wildman–Crippen MR) is 108 cm³/mol. The topological polar surface area (TPSA) is 80.6 Å². The van der Waals surface area contributed by atoms with Crippen LogP contribution in [0, 0.1) is 5.82 Å². The highest BCUT2D eigenvalue weighted by molar-refractivity contribution is 5.97. The standard InChI is InChI=1S/C22H17F5N2O4/c1-29-18(14-6-13(10-23)7-15(24)8-14)9-17(19(30)21(29)32)20(31)28-11-12-2-4-16(5-3-12)33-22(25,26)27/h2-9,30H,10-11H2,1H3,(H,28,31). The van der Waals surface area contributed by atoms with Crippen molar-refractivity contribution < 1.29 is 36.6 Å². The Morgan fingerprint density at radius 2 is 1.76 bits per heavy atom. The van der Waals surface area contributed by atoms with Gasteiger partial charge in [-0.2, -0.15) is 0 Å². The molecule has 3 rings (SSSR count). The van der Waals surface area contributed by atoms with Crippen LogP contribution >= 0.6 is 0 Å². The van der Waals surface area contributed by atoms with Gasteiger partial charge in [0, 0.05) is 19.2 Å². The van der Waals surface area contributed by atoms with Gasteiger partial charge >= 0.3 is 6.36 Å². The van der Waals surface area contributed by atoms with Gasteiger partial charge in [-0.1, -0.05) is 12.1 Å². The Labute approximate surface area is 183 Å². The summed E-state index contributed by atoms with van der Waals surface area (Å²) in [4.78, 5) is 25.0. The van der Waals surface area contributed by atoms with Gasteiger partial charge < -0.3 is 19.7 Å². The Morgan fingerprint density at radius 1 is 1.09 bits per heavy atom. The average Bonchev–Trinajstić information content (AvgIpc) is 2.75. The molecule has 1 aromatic heterocycles. The quantitative estimate of drug-likeness (QED) is 0.532. The zero-order valence-corrected chi connectivity index (χ0v) is 17.0. The lowest BCUT2D eigenvalue weighted by atomic mass is 10.0. The van der Waals surface area contributed by atoms with E-state index in [2.05, 4.69) is 10.1 Å². The smallest absolute Gasteiger partial charge is 0.502 e. The number of halogens is 5. The van der Waals surface area contributed by atoms with E-state index in [1.54, 1.807) is 0 Å². The van der Waals surface area contributed by atoms with Gasteiger partial charge in [-0.3, -0.25) is 9.59 Å². The second kappa shape index (κ2) is 9.31. The number of nitrogens with one attached hydrogen (secondary N) is 1. The summed E-state index contributed by atoms with van der Waals surface area (Å²) in [7, 11) is 1.30. The third-order valence-corrected chi connectivity index (χ3v) is 4.67. The van der Waals surface area contributed by atoms with Crippen molar-refractivity contribution >= 4 is 5.91 Å². The van der Waals surface area contributed by atoms with E-state index in [9.17, 15) is 36.6 Å². The number of aromatic hydroxyl groups is 1. The summed E-state index contributed by atoms with van der Waals surface area (Å²) in [5, 5.41) is 12.6. The summed E-state index contributed by atoms with van der Waals surface area (Å²) < 4.78 is 68.3. The molecule has 0 atom stereocenters. The van der Waals surface area contributed by atoms with Crippen LogP contribution in [0.4, 0.5) is 22.0 Å². The van der Waals surface area contributed by atoms with Crippen molar-refractivity contribution in [1.82, 2.24) is 9.88 Å². The molecule has 0 fully saturated rings. The van der Waals surface area contributed by atoms with E-state index in [1.807, 2.05) is 0 Å². The first-order valence-electron chi connectivity index (χ1n) is 9.40. The minimum absolute atomic E-state index is 0.0227. The number of amides is 1. The van der Waals surface area contributed by atoms with Gasteiger partial charge in [0.15, 0.2) is 5.75 Å². The van der Waals surface area contributed by atoms with Crippen molar-refractivity contribution in [2.24, 2.45) is 7.05 Å². The van der Waals surface area contributed by atoms with Crippen LogP contribution in [0.25, 0.3) is 11.3 Å². The van der Waals surface area contributed by atoms with Gasteiger partial charge in [-0.15, -0.1) is 13.2 Å². The second-order valence-electron chi connectivity index (χ2n) is 7.01. The average molecular weight is 468 g/mol. The molecule has 11 heteroatoms. The van der Waals surface area contributed by atoms with E-state index in [1.165, 1.54) is 25.2 Å². The molecular formula is C22H17F5N2O4. The maximum atomic E-state index is 13.8. The van der Waals surface area contributed by atoms with E-state index in [-0.39, 0.29) is 23.4 Å². The Kier molecular flexibility index (Phi) is 6.70. The molecular weight excluding hydrogens is 451 g/mol. The minimum atomic E-state index is -4.84. The van der Waals surface area contributed by atoms with E-state index in [0.29, 0.717) is 5.56 Å². The molecule has 0 aliphatic rings. The number of rotatable bonds is 6. The number of hydrogen-bond donors (Lipinski definition) is 2. The molecule has 6 nitrogen and oxygen atoms in total. The number of carbonyl (C=O) groups excluding carboxylic acids is 1. The number of nitrogens with zero attached hydrogens (tertiary/aromatic N) is 1. The van der Waals surface area contributed by atoms with Crippen LogP contribution < -0.4 is 15.6 Å². The number of carbonyl (C=O) groups is 1. The Bertz CT molecular complexity index is 1240. The molecule has 0 saturated heterocycles. The summed E-state index contributed by atoms with van der Waals surface area (Å²) in [5.41, 5.74) is -0.718. The van der Waals surface area contributed by atoms with Crippen LogP contribution in [-0.4, -0.2) is 21.9 Å². The molecule has 174 valence electrons.